The summed E-state index contributed by atoms with van der Waals surface area (Å²) in [5.41, 5.74) is 2.14. The number of hydrogen-bond acceptors (Lipinski definition) is 5. The van der Waals surface area contributed by atoms with Crippen molar-refractivity contribution in [2.45, 2.75) is 13.0 Å². The Bertz CT molecular complexity index is 957. The lowest BCUT2D eigenvalue weighted by Gasteiger charge is -2.08. The third kappa shape index (κ3) is 2.23. The molecule has 6 heteroatoms. The summed E-state index contributed by atoms with van der Waals surface area (Å²) in [7, 11) is 1.63. The van der Waals surface area contributed by atoms with E-state index in [0.29, 0.717) is 17.3 Å². The third-order valence-electron chi connectivity index (χ3n) is 4.07. The summed E-state index contributed by atoms with van der Waals surface area (Å²) in [6, 6.07) is 12.7. The number of rotatable bonds is 2. The predicted octanol–water partition coefficient (Wildman–Crippen LogP) is 2.79. The maximum absolute atomic E-state index is 12.8. The van der Waals surface area contributed by atoms with Gasteiger partial charge in [0.15, 0.2) is 5.82 Å². The molecular weight excluding hydrogens is 304 g/mol. The van der Waals surface area contributed by atoms with E-state index in [1.807, 2.05) is 48.7 Å². The minimum atomic E-state index is -0.490. The number of fused-ring (bicyclic) bond motifs is 3. The van der Waals surface area contributed by atoms with Gasteiger partial charge in [0.1, 0.15) is 29.0 Å². The van der Waals surface area contributed by atoms with Crippen LogP contribution in [0.4, 0.5) is 5.82 Å². The summed E-state index contributed by atoms with van der Waals surface area (Å²) >= 11 is 0. The first-order chi connectivity index (χ1) is 11.7. The van der Waals surface area contributed by atoms with Crippen molar-refractivity contribution in [2.24, 2.45) is 4.99 Å². The van der Waals surface area contributed by atoms with Gasteiger partial charge in [0.25, 0.3) is 0 Å². The fourth-order valence-corrected chi connectivity index (χ4v) is 2.81. The topological polar surface area (TPSA) is 68.0 Å². The van der Waals surface area contributed by atoms with Crippen molar-refractivity contribution >= 4 is 23.1 Å². The Balaban J connectivity index is 1.83. The molecule has 120 valence electrons. The number of amidine groups is 1. The van der Waals surface area contributed by atoms with Crippen LogP contribution in [0.1, 0.15) is 23.0 Å². The molecule has 0 aliphatic carbocycles. The molecule has 3 heterocycles. The van der Waals surface area contributed by atoms with E-state index in [2.05, 4.69) is 15.3 Å². The Hall–Kier alpha value is -3.15. The van der Waals surface area contributed by atoms with Crippen LogP contribution in [-0.4, -0.2) is 34.2 Å². The Morgan fingerprint density at radius 1 is 1.17 bits per heavy atom. The number of nitrogens with zero attached hydrogens (tertiary/aromatic N) is 3. The number of benzene rings is 1. The molecule has 6 nitrogen and oxygen atoms in total. The number of methoxy groups -OCH3 is 1. The molecule has 1 aliphatic rings. The van der Waals surface area contributed by atoms with Gasteiger partial charge in [0.05, 0.1) is 7.11 Å². The minimum absolute atomic E-state index is 0.0558. The van der Waals surface area contributed by atoms with Crippen molar-refractivity contribution in [1.82, 2.24) is 9.38 Å². The van der Waals surface area contributed by atoms with Crippen LogP contribution in [0.5, 0.6) is 5.75 Å². The van der Waals surface area contributed by atoms with Crippen molar-refractivity contribution in [3.05, 3.63) is 59.9 Å². The Labute approximate surface area is 138 Å². The Kier molecular flexibility index (Phi) is 3.30. The highest BCUT2D eigenvalue weighted by Crippen LogP contribution is 2.24. The highest BCUT2D eigenvalue weighted by atomic mass is 16.5. The van der Waals surface area contributed by atoms with Crippen LogP contribution in [0.3, 0.4) is 0 Å². The zero-order chi connectivity index (χ0) is 16.7. The number of nitrogens with one attached hydrogen (secondary N) is 1. The maximum atomic E-state index is 12.8. The van der Waals surface area contributed by atoms with Crippen molar-refractivity contribution in [3.8, 4) is 5.75 Å². The molecule has 0 spiro atoms. The molecule has 0 fully saturated rings. The van der Waals surface area contributed by atoms with E-state index in [0.717, 1.165) is 17.0 Å². The van der Waals surface area contributed by atoms with Crippen LogP contribution in [0.25, 0.3) is 5.65 Å². The number of aromatic nitrogens is 2. The molecule has 1 aromatic carbocycles. The predicted molar refractivity (Wildman–Crippen MR) is 92.1 cm³/mol. The number of anilines is 1. The molecule has 1 N–H and O–H groups in total. The minimum Gasteiger partial charge on any atom is -0.497 e. The fourth-order valence-electron chi connectivity index (χ4n) is 2.81. The van der Waals surface area contributed by atoms with Gasteiger partial charge in [-0.3, -0.25) is 14.2 Å². The van der Waals surface area contributed by atoms with Crippen LogP contribution >= 0.6 is 0 Å². The largest absolute Gasteiger partial charge is 0.497 e. The summed E-state index contributed by atoms with van der Waals surface area (Å²) in [6.45, 7) is 1.80. The van der Waals surface area contributed by atoms with Crippen molar-refractivity contribution in [1.29, 1.82) is 0 Å². The standard InChI is InChI=1S/C18H16N4O2/c1-11-16(23)15-18(20-14-5-3-4-10-22(14)15)21-17(19-11)12-6-8-13(24-2)9-7-12/h3-11H,1-2H3,(H,19,21)/t11-/m0/s1. The average molecular weight is 320 g/mol. The van der Waals surface area contributed by atoms with Gasteiger partial charge in [0.2, 0.25) is 5.78 Å². The molecular formula is C18H16N4O2. The second-order valence-corrected chi connectivity index (χ2v) is 5.61. The summed E-state index contributed by atoms with van der Waals surface area (Å²) in [6.07, 6.45) is 1.84. The number of ether oxygens (including phenoxy) is 1. The molecule has 0 saturated heterocycles. The van der Waals surface area contributed by atoms with Gasteiger partial charge in [0, 0.05) is 11.8 Å². The molecule has 2 aromatic heterocycles. The van der Waals surface area contributed by atoms with Gasteiger partial charge in [-0.05, 0) is 43.3 Å². The summed E-state index contributed by atoms with van der Waals surface area (Å²) < 4.78 is 6.98. The number of carbonyl (C=O) groups excluding carboxylic acids is 1. The van der Waals surface area contributed by atoms with Gasteiger partial charge in [-0.15, -0.1) is 0 Å². The lowest BCUT2D eigenvalue weighted by molar-refractivity contribution is 0.0965. The van der Waals surface area contributed by atoms with Gasteiger partial charge in [-0.1, -0.05) is 6.07 Å². The zero-order valence-corrected chi connectivity index (χ0v) is 13.4. The molecule has 4 rings (SSSR count). The highest BCUT2D eigenvalue weighted by molar-refractivity contribution is 6.15. The monoisotopic (exact) mass is 320 g/mol. The van der Waals surface area contributed by atoms with Crippen molar-refractivity contribution < 1.29 is 9.53 Å². The molecule has 1 atom stereocenters. The third-order valence-corrected chi connectivity index (χ3v) is 4.07. The van der Waals surface area contributed by atoms with Crippen LogP contribution in [0.15, 0.2) is 53.7 Å². The second-order valence-electron chi connectivity index (χ2n) is 5.61. The number of carbonyl (C=O) groups is 1. The highest BCUT2D eigenvalue weighted by Gasteiger charge is 2.28. The van der Waals surface area contributed by atoms with Crippen LogP contribution in [-0.2, 0) is 0 Å². The first-order valence-electron chi connectivity index (χ1n) is 7.68. The summed E-state index contributed by atoms with van der Waals surface area (Å²) in [5.74, 6) is 1.87. The molecule has 0 saturated carbocycles. The van der Waals surface area contributed by atoms with Crippen LogP contribution in [0, 0.1) is 0 Å². The smallest absolute Gasteiger partial charge is 0.207 e. The van der Waals surface area contributed by atoms with E-state index in [-0.39, 0.29) is 5.78 Å². The lowest BCUT2D eigenvalue weighted by atomic mass is 10.1. The lowest BCUT2D eigenvalue weighted by Crippen LogP contribution is -2.17. The van der Waals surface area contributed by atoms with E-state index in [1.54, 1.807) is 18.4 Å². The quantitative estimate of drug-likeness (QED) is 0.788. The Morgan fingerprint density at radius 2 is 1.96 bits per heavy atom. The van der Waals surface area contributed by atoms with Crippen LogP contribution in [0.2, 0.25) is 0 Å². The second kappa shape index (κ2) is 5.49. The number of Topliss-reactive ketones (excluding diaryl/α,β-unsaturated/α-hetero) is 1. The zero-order valence-electron chi connectivity index (χ0n) is 13.4. The fraction of sp³-hybridized carbons (Fsp3) is 0.167. The number of hydrogen-bond donors (Lipinski definition) is 1. The van der Waals surface area contributed by atoms with Gasteiger partial charge in [-0.25, -0.2) is 4.98 Å². The number of aliphatic imine (C=N–C) groups is 1. The Morgan fingerprint density at radius 3 is 2.71 bits per heavy atom. The SMILES string of the molecule is COc1ccc(C2=N[C@@H](C)C(=O)c3c(nc4ccccn34)N2)cc1. The van der Waals surface area contributed by atoms with E-state index >= 15 is 0 Å². The number of pyridine rings is 1. The van der Waals surface area contributed by atoms with E-state index in [9.17, 15) is 4.79 Å². The van der Waals surface area contributed by atoms with Gasteiger partial charge < -0.3 is 10.1 Å². The molecule has 1 aliphatic heterocycles. The normalized spacial score (nSPS) is 17.0. The first-order valence-corrected chi connectivity index (χ1v) is 7.68. The maximum Gasteiger partial charge on any atom is 0.207 e. The van der Waals surface area contributed by atoms with Crippen LogP contribution < -0.4 is 10.1 Å². The van der Waals surface area contributed by atoms with E-state index < -0.39 is 6.04 Å². The molecule has 24 heavy (non-hydrogen) atoms. The molecule has 0 unspecified atom stereocenters. The molecule has 3 aromatic rings. The molecule has 0 bridgehead atoms. The van der Waals surface area contributed by atoms with Gasteiger partial charge in [-0.2, -0.15) is 0 Å². The molecule has 0 amide bonds. The number of ketones is 1. The first kappa shape index (κ1) is 14.4. The average Bonchev–Trinajstić information content (AvgIpc) is 2.92. The van der Waals surface area contributed by atoms with Crippen molar-refractivity contribution in [3.63, 3.8) is 0 Å². The summed E-state index contributed by atoms with van der Waals surface area (Å²) in [4.78, 5) is 21.8. The molecule has 0 radical (unpaired) electrons. The van der Waals surface area contributed by atoms with Crippen molar-refractivity contribution in [2.75, 3.05) is 12.4 Å². The van der Waals surface area contributed by atoms with E-state index in [1.165, 1.54) is 0 Å². The number of imidazole rings is 1. The summed E-state index contributed by atoms with van der Waals surface area (Å²) in [5, 5.41) is 3.22. The van der Waals surface area contributed by atoms with Gasteiger partial charge >= 0.3 is 0 Å². The van der Waals surface area contributed by atoms with E-state index in [4.69, 9.17) is 4.74 Å².